The average molecular weight is 240 g/mol. The third kappa shape index (κ3) is 0.843. The summed E-state index contributed by atoms with van der Waals surface area (Å²) < 4.78 is 6.25. The molecule has 0 aliphatic heterocycles. The topological polar surface area (TPSA) is 9.23 Å². The first kappa shape index (κ1) is 10.0. The number of hydrogen-bond donors (Lipinski definition) is 0. The maximum absolute atomic E-state index is 6.25. The molecule has 3 saturated carbocycles. The Labute approximate surface area is 109 Å². The van der Waals surface area contributed by atoms with E-state index >= 15 is 0 Å². The Morgan fingerprint density at radius 3 is 2.78 bits per heavy atom. The molecule has 1 nitrogen and oxygen atoms in total. The molecule has 94 valence electrons. The normalized spacial score (nSPS) is 50.6. The maximum Gasteiger partial charge on any atom is 0.0811 e. The zero-order valence-electron chi connectivity index (χ0n) is 10.9. The molecule has 0 spiro atoms. The van der Waals surface area contributed by atoms with Gasteiger partial charge in [-0.3, -0.25) is 0 Å². The van der Waals surface area contributed by atoms with E-state index in [-0.39, 0.29) is 5.60 Å². The van der Waals surface area contributed by atoms with E-state index < -0.39 is 0 Å². The predicted molar refractivity (Wildman–Crippen MR) is 70.6 cm³/mol. The van der Waals surface area contributed by atoms with Gasteiger partial charge in [0.15, 0.2) is 0 Å². The molecule has 0 unspecified atom stereocenters. The number of methoxy groups -OCH3 is 1. The van der Waals surface area contributed by atoms with Gasteiger partial charge < -0.3 is 4.74 Å². The zero-order valence-corrected chi connectivity index (χ0v) is 10.9. The first-order chi connectivity index (χ1) is 8.86. The fourth-order valence-electron chi connectivity index (χ4n) is 6.44. The summed E-state index contributed by atoms with van der Waals surface area (Å²) in [5.41, 5.74) is 3.50. The van der Waals surface area contributed by atoms with E-state index in [0.29, 0.717) is 5.92 Å². The molecule has 5 rings (SSSR count). The smallest absolute Gasteiger partial charge is 0.0811 e. The summed E-state index contributed by atoms with van der Waals surface area (Å²) in [5, 5.41) is 0. The van der Waals surface area contributed by atoms with Crippen LogP contribution in [0, 0.1) is 17.8 Å². The highest BCUT2D eigenvalue weighted by atomic mass is 16.5. The van der Waals surface area contributed by atoms with Gasteiger partial charge in [-0.2, -0.15) is 0 Å². The Balaban J connectivity index is 1.75. The molecule has 1 aromatic rings. The molecule has 0 saturated heterocycles. The molecule has 4 aliphatic rings. The number of fused-ring (bicyclic) bond motifs is 12. The summed E-state index contributed by atoms with van der Waals surface area (Å²) in [5.74, 6) is 4.14. The fraction of sp³-hybridized carbons (Fsp3) is 0.647. The highest BCUT2D eigenvalue weighted by Gasteiger charge is 2.70. The fourth-order valence-corrected chi connectivity index (χ4v) is 6.44. The van der Waals surface area contributed by atoms with Crippen LogP contribution < -0.4 is 0 Å². The molecule has 0 aromatic heterocycles. The number of rotatable bonds is 1. The second-order valence-electron chi connectivity index (χ2n) is 6.88. The Morgan fingerprint density at radius 1 is 1.11 bits per heavy atom. The summed E-state index contributed by atoms with van der Waals surface area (Å²) in [7, 11) is 1.98. The van der Waals surface area contributed by atoms with Crippen LogP contribution in [0.25, 0.3) is 0 Å². The highest BCUT2D eigenvalue weighted by Crippen LogP contribution is 2.74. The van der Waals surface area contributed by atoms with E-state index in [1.54, 1.807) is 11.1 Å². The standard InChI is InChI=1S/C17H20O/c1-18-17-11-7-6-10(8-11)16(17)14-9-15(17)13-5-3-2-4-12(13)14/h2-5,10-11,14-16H,6-9H2,1H3/t10-,11-,14+,15+,16+,17+/m0/s1. The van der Waals surface area contributed by atoms with Crippen LogP contribution in [-0.4, -0.2) is 12.7 Å². The van der Waals surface area contributed by atoms with Crippen LogP contribution in [0.1, 0.15) is 48.6 Å². The van der Waals surface area contributed by atoms with Crippen molar-refractivity contribution in [2.24, 2.45) is 17.8 Å². The van der Waals surface area contributed by atoms with Crippen LogP contribution in [0.2, 0.25) is 0 Å². The van der Waals surface area contributed by atoms with Crippen molar-refractivity contribution in [2.75, 3.05) is 7.11 Å². The molecule has 18 heavy (non-hydrogen) atoms. The van der Waals surface area contributed by atoms with Gasteiger partial charge in [0.1, 0.15) is 0 Å². The van der Waals surface area contributed by atoms with E-state index in [1.807, 2.05) is 7.11 Å². The molecule has 0 radical (unpaired) electrons. The van der Waals surface area contributed by atoms with E-state index in [2.05, 4.69) is 24.3 Å². The van der Waals surface area contributed by atoms with Gasteiger partial charge in [-0.1, -0.05) is 24.3 Å². The van der Waals surface area contributed by atoms with Gasteiger partial charge in [0.2, 0.25) is 0 Å². The summed E-state index contributed by atoms with van der Waals surface area (Å²) >= 11 is 0. The largest absolute Gasteiger partial charge is 0.377 e. The lowest BCUT2D eigenvalue weighted by Gasteiger charge is -2.46. The lowest BCUT2D eigenvalue weighted by Crippen LogP contribution is -2.48. The highest BCUT2D eigenvalue weighted by molar-refractivity contribution is 5.48. The van der Waals surface area contributed by atoms with Gasteiger partial charge in [-0.15, -0.1) is 0 Å². The minimum atomic E-state index is 0.224. The molecule has 3 fully saturated rings. The monoisotopic (exact) mass is 240 g/mol. The SMILES string of the molecule is CO[C@@]12[C@H]3CC[C@@H](C3)[C@@H]1[C@@H]1C[C@@H]2c2ccccc21. The van der Waals surface area contributed by atoms with E-state index in [4.69, 9.17) is 4.74 Å². The summed E-state index contributed by atoms with van der Waals surface area (Å²) in [4.78, 5) is 0. The van der Waals surface area contributed by atoms with E-state index in [9.17, 15) is 0 Å². The Morgan fingerprint density at radius 2 is 1.94 bits per heavy atom. The van der Waals surface area contributed by atoms with Crippen molar-refractivity contribution in [1.29, 1.82) is 0 Å². The molecular formula is C17H20O. The Kier molecular flexibility index (Phi) is 1.68. The van der Waals surface area contributed by atoms with Crippen LogP contribution in [0.4, 0.5) is 0 Å². The molecule has 0 amide bonds. The lowest BCUT2D eigenvalue weighted by atomic mass is 9.65. The minimum Gasteiger partial charge on any atom is -0.377 e. The molecule has 1 heteroatoms. The summed E-state index contributed by atoms with van der Waals surface area (Å²) in [6.45, 7) is 0. The van der Waals surface area contributed by atoms with Crippen LogP contribution >= 0.6 is 0 Å². The average Bonchev–Trinajstić information content (AvgIpc) is 3.15. The molecule has 0 N–H and O–H groups in total. The molecule has 4 bridgehead atoms. The molecular weight excluding hydrogens is 220 g/mol. The van der Waals surface area contributed by atoms with Gasteiger partial charge in [-0.05, 0) is 60.5 Å². The zero-order chi connectivity index (χ0) is 11.9. The summed E-state index contributed by atoms with van der Waals surface area (Å²) in [6, 6.07) is 9.18. The van der Waals surface area contributed by atoms with Crippen molar-refractivity contribution in [2.45, 2.75) is 43.1 Å². The van der Waals surface area contributed by atoms with Crippen molar-refractivity contribution in [3.63, 3.8) is 0 Å². The number of hydrogen-bond acceptors (Lipinski definition) is 1. The minimum absolute atomic E-state index is 0.224. The third-order valence-electron chi connectivity index (χ3n) is 6.73. The van der Waals surface area contributed by atoms with Crippen molar-refractivity contribution in [1.82, 2.24) is 0 Å². The Bertz CT molecular complexity index is 522. The number of benzene rings is 1. The van der Waals surface area contributed by atoms with Gasteiger partial charge in [0.25, 0.3) is 0 Å². The van der Waals surface area contributed by atoms with E-state index in [1.165, 1.54) is 25.7 Å². The van der Waals surface area contributed by atoms with Crippen LogP contribution in [0.15, 0.2) is 24.3 Å². The second kappa shape index (κ2) is 3.01. The maximum atomic E-state index is 6.25. The van der Waals surface area contributed by atoms with Gasteiger partial charge in [0.05, 0.1) is 5.60 Å². The van der Waals surface area contributed by atoms with Crippen LogP contribution in [0.3, 0.4) is 0 Å². The van der Waals surface area contributed by atoms with Crippen molar-refractivity contribution >= 4 is 0 Å². The quantitative estimate of drug-likeness (QED) is 0.680. The molecule has 6 atom stereocenters. The van der Waals surface area contributed by atoms with E-state index in [0.717, 1.165) is 23.7 Å². The summed E-state index contributed by atoms with van der Waals surface area (Å²) in [6.07, 6.45) is 5.69. The van der Waals surface area contributed by atoms with Crippen molar-refractivity contribution < 1.29 is 4.74 Å². The van der Waals surface area contributed by atoms with Crippen molar-refractivity contribution in [3.8, 4) is 0 Å². The first-order valence-electron chi connectivity index (χ1n) is 7.50. The second-order valence-corrected chi connectivity index (χ2v) is 6.88. The molecule has 0 heterocycles. The lowest BCUT2D eigenvalue weighted by molar-refractivity contribution is -0.0949. The molecule has 1 aromatic carbocycles. The first-order valence-corrected chi connectivity index (χ1v) is 7.50. The molecule has 4 aliphatic carbocycles. The van der Waals surface area contributed by atoms with Gasteiger partial charge in [0, 0.05) is 13.0 Å². The van der Waals surface area contributed by atoms with Gasteiger partial charge in [-0.25, -0.2) is 0 Å². The third-order valence-corrected chi connectivity index (χ3v) is 6.73. The predicted octanol–water partition coefficient (Wildman–Crippen LogP) is 3.70. The van der Waals surface area contributed by atoms with Crippen molar-refractivity contribution in [3.05, 3.63) is 35.4 Å². The number of ether oxygens (including phenoxy) is 1. The van der Waals surface area contributed by atoms with Gasteiger partial charge >= 0.3 is 0 Å². The van der Waals surface area contributed by atoms with Crippen LogP contribution in [-0.2, 0) is 4.74 Å². The van der Waals surface area contributed by atoms with Crippen LogP contribution in [0.5, 0.6) is 0 Å². The Hall–Kier alpha value is -0.820.